The Hall–Kier alpha value is -3.22. The van der Waals surface area contributed by atoms with Gasteiger partial charge in [-0.1, -0.05) is 50.2 Å². The molecule has 1 aromatic carbocycles. The van der Waals surface area contributed by atoms with Gasteiger partial charge in [0.25, 0.3) is 5.90 Å². The Labute approximate surface area is 170 Å². The van der Waals surface area contributed by atoms with Gasteiger partial charge in [0.2, 0.25) is 5.90 Å². The molecular formula is C22H24N3O4. The predicted octanol–water partition coefficient (Wildman–Crippen LogP) is 3.36. The minimum absolute atomic E-state index is 0.0376. The summed E-state index contributed by atoms with van der Waals surface area (Å²) in [6, 6.07) is 14.4. The molecule has 151 valence electrons. The van der Waals surface area contributed by atoms with Gasteiger partial charge in [-0.3, -0.25) is 9.90 Å². The van der Waals surface area contributed by atoms with Gasteiger partial charge in [-0.2, -0.15) is 0 Å². The fraction of sp³-hybridized carbons (Fsp3) is 0.364. The molecule has 0 spiro atoms. The van der Waals surface area contributed by atoms with Gasteiger partial charge in [0.1, 0.15) is 30.6 Å². The molecule has 0 unspecified atom stereocenters. The Kier molecular flexibility index (Phi) is 6.59. The summed E-state index contributed by atoms with van der Waals surface area (Å²) in [5, 5.41) is 12.6. The Morgan fingerprint density at radius 3 is 2.66 bits per heavy atom. The third kappa shape index (κ3) is 5.40. The van der Waals surface area contributed by atoms with Crippen LogP contribution in [0, 0.1) is 5.92 Å². The first-order valence-corrected chi connectivity index (χ1v) is 9.55. The molecule has 2 aromatic rings. The molecular weight excluding hydrogens is 370 g/mol. The molecule has 0 saturated heterocycles. The van der Waals surface area contributed by atoms with Gasteiger partial charge in [-0.15, -0.1) is 0 Å². The lowest BCUT2D eigenvalue weighted by atomic mass is 10.1. The Bertz CT molecular complexity index is 909. The lowest BCUT2D eigenvalue weighted by Crippen LogP contribution is -2.23. The number of carbonyl (C=O) groups is 1. The van der Waals surface area contributed by atoms with Crippen LogP contribution in [0.25, 0.3) is 0 Å². The van der Waals surface area contributed by atoms with Crippen molar-refractivity contribution in [3.05, 3.63) is 65.5 Å². The summed E-state index contributed by atoms with van der Waals surface area (Å²) in [4.78, 5) is 24.2. The number of aliphatic imine (C=N–C) groups is 2. The molecule has 1 aliphatic heterocycles. The van der Waals surface area contributed by atoms with E-state index in [0.29, 0.717) is 18.2 Å². The summed E-state index contributed by atoms with van der Waals surface area (Å²) in [5.74, 6) is -0.414. The normalized spacial score (nSPS) is 17.6. The van der Waals surface area contributed by atoms with Crippen LogP contribution >= 0.6 is 0 Å². The molecule has 0 N–H and O–H groups in total. The van der Waals surface area contributed by atoms with Crippen LogP contribution in [0.1, 0.15) is 43.8 Å². The first kappa shape index (κ1) is 20.5. The van der Waals surface area contributed by atoms with Crippen LogP contribution in [0.2, 0.25) is 0 Å². The van der Waals surface area contributed by atoms with Gasteiger partial charge in [0.15, 0.2) is 0 Å². The smallest absolute Gasteiger partial charge is 0.302 e. The number of hydrogen-bond donors (Lipinski definition) is 0. The van der Waals surface area contributed by atoms with Gasteiger partial charge >= 0.3 is 5.97 Å². The highest BCUT2D eigenvalue weighted by Crippen LogP contribution is 2.24. The number of carbonyl (C=O) groups excluding carboxylic acids is 1. The number of esters is 1. The number of nitrogens with zero attached hydrogens (tertiary/aromatic N) is 3. The van der Waals surface area contributed by atoms with Crippen molar-refractivity contribution in [3.8, 4) is 0 Å². The van der Waals surface area contributed by atoms with Crippen molar-refractivity contribution >= 4 is 17.8 Å². The lowest BCUT2D eigenvalue weighted by molar-refractivity contribution is -0.141. The summed E-state index contributed by atoms with van der Waals surface area (Å²) in [7, 11) is 0. The first-order chi connectivity index (χ1) is 13.9. The van der Waals surface area contributed by atoms with Crippen molar-refractivity contribution in [3.63, 3.8) is 0 Å². The largest absolute Gasteiger partial charge is 0.474 e. The molecule has 7 heteroatoms. The number of hydrogen-bond acceptors (Lipinski definition) is 6. The summed E-state index contributed by atoms with van der Waals surface area (Å²) >= 11 is 0. The van der Waals surface area contributed by atoms with E-state index in [1.54, 1.807) is 18.2 Å². The molecule has 29 heavy (non-hydrogen) atoms. The molecule has 2 atom stereocenters. The van der Waals surface area contributed by atoms with E-state index < -0.39 is 17.9 Å². The van der Waals surface area contributed by atoms with Gasteiger partial charge in [0.05, 0.1) is 6.04 Å². The molecule has 0 fully saturated rings. The number of ether oxygens (including phenoxy) is 2. The van der Waals surface area contributed by atoms with E-state index >= 15 is 0 Å². The SMILES string of the molecule is CC(=O)OC[C@H](N=C([O])c1cccc(C2=N[C@H](c3ccccc3)CO2)n1)C(C)C. The van der Waals surface area contributed by atoms with Crippen molar-refractivity contribution < 1.29 is 19.4 Å². The molecule has 3 rings (SSSR count). The molecule has 0 bridgehead atoms. The first-order valence-electron chi connectivity index (χ1n) is 9.55. The van der Waals surface area contributed by atoms with Crippen molar-refractivity contribution in [2.45, 2.75) is 32.9 Å². The van der Waals surface area contributed by atoms with Crippen LogP contribution in [0.15, 0.2) is 58.5 Å². The Balaban J connectivity index is 1.79. The van der Waals surface area contributed by atoms with E-state index in [4.69, 9.17) is 9.47 Å². The summed E-state index contributed by atoms with van der Waals surface area (Å²) in [6.07, 6.45) is 0. The average Bonchev–Trinajstić information content (AvgIpc) is 3.21. The maximum atomic E-state index is 12.6. The zero-order valence-electron chi connectivity index (χ0n) is 16.7. The minimum Gasteiger partial charge on any atom is -0.474 e. The van der Waals surface area contributed by atoms with Crippen LogP contribution in [-0.2, 0) is 19.4 Å². The van der Waals surface area contributed by atoms with Crippen molar-refractivity contribution in [1.82, 2.24) is 4.98 Å². The maximum absolute atomic E-state index is 12.6. The number of aromatic nitrogens is 1. The maximum Gasteiger partial charge on any atom is 0.302 e. The van der Waals surface area contributed by atoms with Gasteiger partial charge in [0, 0.05) is 6.92 Å². The van der Waals surface area contributed by atoms with Crippen LogP contribution < -0.4 is 0 Å². The molecule has 1 radical (unpaired) electrons. The van der Waals surface area contributed by atoms with Gasteiger partial charge < -0.3 is 9.47 Å². The molecule has 1 aliphatic rings. The van der Waals surface area contributed by atoms with Gasteiger partial charge in [-0.25, -0.2) is 15.0 Å². The number of rotatable bonds is 7. The zero-order chi connectivity index (χ0) is 20.8. The molecule has 1 aromatic heterocycles. The van der Waals surface area contributed by atoms with Crippen LogP contribution in [0.4, 0.5) is 0 Å². The fourth-order valence-electron chi connectivity index (χ4n) is 2.83. The van der Waals surface area contributed by atoms with E-state index in [9.17, 15) is 9.90 Å². The average molecular weight is 394 g/mol. The van der Waals surface area contributed by atoms with Crippen LogP contribution in [0.5, 0.6) is 0 Å². The van der Waals surface area contributed by atoms with Gasteiger partial charge in [-0.05, 0) is 23.6 Å². The summed E-state index contributed by atoms with van der Waals surface area (Å²) < 4.78 is 10.7. The minimum atomic E-state index is -0.462. The molecule has 2 heterocycles. The monoisotopic (exact) mass is 394 g/mol. The highest BCUT2D eigenvalue weighted by atomic mass is 16.5. The van der Waals surface area contributed by atoms with Crippen LogP contribution in [-0.4, -0.2) is 42.0 Å². The Morgan fingerprint density at radius 1 is 1.21 bits per heavy atom. The van der Waals surface area contributed by atoms with Crippen molar-refractivity contribution in [1.29, 1.82) is 0 Å². The summed E-state index contributed by atoms with van der Waals surface area (Å²) in [5.41, 5.74) is 1.76. The molecule has 0 saturated carbocycles. The molecule has 0 amide bonds. The number of benzene rings is 1. The quantitative estimate of drug-likeness (QED) is 0.409. The van der Waals surface area contributed by atoms with E-state index in [-0.39, 0.29) is 24.3 Å². The van der Waals surface area contributed by atoms with E-state index in [1.807, 2.05) is 44.2 Å². The second kappa shape index (κ2) is 9.32. The second-order valence-electron chi connectivity index (χ2n) is 7.13. The number of pyridine rings is 1. The van der Waals surface area contributed by atoms with Crippen LogP contribution in [0.3, 0.4) is 0 Å². The predicted molar refractivity (Wildman–Crippen MR) is 108 cm³/mol. The third-order valence-electron chi connectivity index (χ3n) is 4.53. The summed E-state index contributed by atoms with van der Waals surface area (Å²) in [6.45, 7) is 5.66. The molecule has 0 aliphatic carbocycles. The standard InChI is InChI=1S/C22H24N3O4/c1-14(2)19(12-28-15(3)26)24-21(27)17-10-7-11-18(23-17)22-25-20(13-29-22)16-8-5-4-6-9-16/h4-11,14,19-20H,12-13H2,1-3H3/t19-,20-/m0/s1. The van der Waals surface area contributed by atoms with E-state index in [2.05, 4.69) is 15.0 Å². The van der Waals surface area contributed by atoms with E-state index in [1.165, 1.54) is 6.92 Å². The topological polar surface area (TPSA) is 93.0 Å². The lowest BCUT2D eigenvalue weighted by Gasteiger charge is -2.15. The Morgan fingerprint density at radius 2 is 1.97 bits per heavy atom. The van der Waals surface area contributed by atoms with Crippen molar-refractivity contribution in [2.75, 3.05) is 13.2 Å². The highest BCUT2D eigenvalue weighted by molar-refractivity contribution is 5.96. The van der Waals surface area contributed by atoms with Crippen molar-refractivity contribution in [2.24, 2.45) is 15.9 Å². The van der Waals surface area contributed by atoms with E-state index in [0.717, 1.165) is 5.56 Å². The third-order valence-corrected chi connectivity index (χ3v) is 4.53. The zero-order valence-corrected chi connectivity index (χ0v) is 16.7. The molecule has 7 nitrogen and oxygen atoms in total. The second-order valence-corrected chi connectivity index (χ2v) is 7.13. The fourth-order valence-corrected chi connectivity index (χ4v) is 2.83. The highest BCUT2D eigenvalue weighted by Gasteiger charge is 2.23.